The summed E-state index contributed by atoms with van der Waals surface area (Å²) in [7, 11) is 0. The molecule has 0 unspecified atom stereocenters. The molecule has 0 bridgehead atoms. The van der Waals surface area contributed by atoms with E-state index in [1.165, 1.54) is 12.3 Å². The van der Waals surface area contributed by atoms with Crippen molar-refractivity contribution >= 4 is 5.69 Å². The second-order valence-corrected chi connectivity index (χ2v) is 3.65. The summed E-state index contributed by atoms with van der Waals surface area (Å²) in [4.78, 5) is 6.50. The number of rotatable bonds is 1. The van der Waals surface area contributed by atoms with Gasteiger partial charge < -0.3 is 0 Å². The Morgan fingerprint density at radius 2 is 1.84 bits per heavy atom. The lowest BCUT2D eigenvalue weighted by Crippen LogP contribution is -2.06. The summed E-state index contributed by atoms with van der Waals surface area (Å²) in [5.74, 6) is -1.21. The molecule has 0 aliphatic rings. The first-order valence-corrected chi connectivity index (χ1v) is 5.13. The second-order valence-electron chi connectivity index (χ2n) is 3.65. The second kappa shape index (κ2) is 4.69. The molecule has 1 heterocycles. The molecular formula is C13H6F4N2. The molecule has 1 aromatic heterocycles. The first kappa shape index (κ1) is 13.0. The number of aromatic nitrogens is 1. The maximum absolute atomic E-state index is 14.0. The van der Waals surface area contributed by atoms with E-state index in [1.54, 1.807) is 12.1 Å². The van der Waals surface area contributed by atoms with Crippen LogP contribution >= 0.6 is 0 Å². The van der Waals surface area contributed by atoms with Crippen molar-refractivity contribution in [3.05, 3.63) is 59.3 Å². The Morgan fingerprint density at radius 3 is 2.37 bits per heavy atom. The Labute approximate surface area is 106 Å². The zero-order valence-electron chi connectivity index (χ0n) is 9.37. The number of alkyl halides is 3. The van der Waals surface area contributed by atoms with Crippen LogP contribution in [0.1, 0.15) is 5.56 Å². The molecule has 0 atom stereocenters. The van der Waals surface area contributed by atoms with Crippen LogP contribution in [0.25, 0.3) is 16.1 Å². The van der Waals surface area contributed by atoms with E-state index in [0.717, 1.165) is 6.07 Å². The zero-order chi connectivity index (χ0) is 14.0. The standard InChI is InChI=1S/C13H6F4N2/c1-18-12-9(13(15,16)17)6-5-8(11(12)14)10-4-2-3-7-19-10/h2-7H. The van der Waals surface area contributed by atoms with Crippen LogP contribution in [0.5, 0.6) is 0 Å². The highest BCUT2D eigenvalue weighted by atomic mass is 19.4. The molecule has 2 nitrogen and oxygen atoms in total. The molecule has 0 spiro atoms. The van der Waals surface area contributed by atoms with E-state index in [4.69, 9.17) is 6.57 Å². The molecule has 0 aliphatic heterocycles. The Hall–Kier alpha value is -2.42. The smallest absolute Gasteiger partial charge is 0.256 e. The topological polar surface area (TPSA) is 17.2 Å². The molecule has 0 N–H and O–H groups in total. The zero-order valence-corrected chi connectivity index (χ0v) is 9.37. The number of hydrogen-bond acceptors (Lipinski definition) is 1. The monoisotopic (exact) mass is 266 g/mol. The molecule has 0 radical (unpaired) electrons. The van der Waals surface area contributed by atoms with Gasteiger partial charge in [0, 0.05) is 11.8 Å². The van der Waals surface area contributed by atoms with Gasteiger partial charge in [0.1, 0.15) is 5.82 Å². The highest BCUT2D eigenvalue weighted by Gasteiger charge is 2.35. The van der Waals surface area contributed by atoms with E-state index in [0.29, 0.717) is 6.07 Å². The molecule has 1 aromatic carbocycles. The van der Waals surface area contributed by atoms with Gasteiger partial charge in [0.15, 0.2) is 0 Å². The first-order chi connectivity index (χ1) is 8.95. The molecule has 2 aromatic rings. The Bertz CT molecular complexity index is 642. The van der Waals surface area contributed by atoms with Gasteiger partial charge in [0.2, 0.25) is 5.69 Å². The van der Waals surface area contributed by atoms with Crippen LogP contribution in [-0.4, -0.2) is 4.98 Å². The lowest BCUT2D eigenvalue weighted by atomic mass is 10.0. The summed E-state index contributed by atoms with van der Waals surface area (Å²) in [5.41, 5.74) is -2.26. The van der Waals surface area contributed by atoms with Crippen LogP contribution in [0, 0.1) is 12.4 Å². The van der Waals surface area contributed by atoms with Crippen molar-refractivity contribution < 1.29 is 17.6 Å². The fourth-order valence-corrected chi connectivity index (χ4v) is 1.62. The summed E-state index contributed by atoms with van der Waals surface area (Å²) in [6, 6.07) is 6.31. The normalized spacial score (nSPS) is 11.1. The fourth-order valence-electron chi connectivity index (χ4n) is 1.62. The predicted octanol–water partition coefficient (Wildman–Crippen LogP) is 4.46. The molecule has 0 fully saturated rings. The first-order valence-electron chi connectivity index (χ1n) is 5.13. The summed E-state index contributed by atoms with van der Waals surface area (Å²) in [6.07, 6.45) is -3.37. The average molecular weight is 266 g/mol. The van der Waals surface area contributed by atoms with Crippen molar-refractivity contribution in [2.45, 2.75) is 6.18 Å². The molecule has 0 aliphatic carbocycles. The minimum Gasteiger partial charge on any atom is -0.256 e. The molecule has 96 valence electrons. The van der Waals surface area contributed by atoms with Crippen molar-refractivity contribution in [1.29, 1.82) is 0 Å². The Morgan fingerprint density at radius 1 is 1.11 bits per heavy atom. The van der Waals surface area contributed by atoms with Crippen LogP contribution in [0.15, 0.2) is 36.5 Å². The van der Waals surface area contributed by atoms with E-state index in [-0.39, 0.29) is 11.3 Å². The van der Waals surface area contributed by atoms with Crippen molar-refractivity contribution in [3.8, 4) is 11.3 Å². The summed E-state index contributed by atoms with van der Waals surface area (Å²) >= 11 is 0. The van der Waals surface area contributed by atoms with Gasteiger partial charge >= 0.3 is 6.18 Å². The van der Waals surface area contributed by atoms with E-state index in [1.807, 2.05) is 0 Å². The molecule has 2 rings (SSSR count). The Balaban J connectivity index is 2.67. The molecule has 0 saturated heterocycles. The largest absolute Gasteiger partial charge is 0.407 e. The highest BCUT2D eigenvalue weighted by molar-refractivity contribution is 5.69. The van der Waals surface area contributed by atoms with Gasteiger partial charge in [0.05, 0.1) is 17.8 Å². The highest BCUT2D eigenvalue weighted by Crippen LogP contribution is 2.40. The molecular weight excluding hydrogens is 260 g/mol. The number of hydrogen-bond donors (Lipinski definition) is 0. The molecule has 0 saturated carbocycles. The number of halogens is 4. The molecule has 19 heavy (non-hydrogen) atoms. The predicted molar refractivity (Wildman–Crippen MR) is 60.9 cm³/mol. The van der Waals surface area contributed by atoms with Gasteiger partial charge in [-0.05, 0) is 12.1 Å². The third kappa shape index (κ3) is 2.40. The van der Waals surface area contributed by atoms with Crippen LogP contribution < -0.4 is 0 Å². The van der Waals surface area contributed by atoms with Crippen molar-refractivity contribution in [2.24, 2.45) is 0 Å². The fraction of sp³-hybridized carbons (Fsp3) is 0.0769. The van der Waals surface area contributed by atoms with Gasteiger partial charge in [-0.2, -0.15) is 13.2 Å². The lowest BCUT2D eigenvalue weighted by Gasteiger charge is -2.11. The van der Waals surface area contributed by atoms with Crippen molar-refractivity contribution in [3.63, 3.8) is 0 Å². The minimum absolute atomic E-state index is 0.125. The SMILES string of the molecule is [C-]#[N+]c1c(C(F)(F)F)ccc(-c2ccccn2)c1F. The Kier molecular flexibility index (Phi) is 3.21. The van der Waals surface area contributed by atoms with E-state index in [2.05, 4.69) is 9.83 Å². The lowest BCUT2D eigenvalue weighted by molar-refractivity contribution is -0.137. The van der Waals surface area contributed by atoms with Crippen LogP contribution in [0.2, 0.25) is 0 Å². The summed E-state index contributed by atoms with van der Waals surface area (Å²) in [5, 5.41) is 0. The van der Waals surface area contributed by atoms with Gasteiger partial charge in [-0.25, -0.2) is 9.24 Å². The minimum atomic E-state index is -4.76. The van der Waals surface area contributed by atoms with Gasteiger partial charge in [-0.3, -0.25) is 4.98 Å². The molecule has 6 heteroatoms. The van der Waals surface area contributed by atoms with Gasteiger partial charge in [0.25, 0.3) is 0 Å². The number of pyridine rings is 1. The van der Waals surface area contributed by atoms with Gasteiger partial charge in [-0.1, -0.05) is 18.2 Å². The van der Waals surface area contributed by atoms with Crippen molar-refractivity contribution in [1.82, 2.24) is 4.98 Å². The summed E-state index contributed by atoms with van der Waals surface area (Å²) < 4.78 is 51.9. The van der Waals surface area contributed by atoms with Crippen molar-refractivity contribution in [2.75, 3.05) is 0 Å². The number of nitrogens with zero attached hydrogens (tertiary/aromatic N) is 2. The summed E-state index contributed by atoms with van der Waals surface area (Å²) in [6.45, 7) is 6.73. The van der Waals surface area contributed by atoms with Crippen LogP contribution in [0.3, 0.4) is 0 Å². The number of benzene rings is 1. The van der Waals surface area contributed by atoms with Gasteiger partial charge in [-0.15, -0.1) is 0 Å². The third-order valence-electron chi connectivity index (χ3n) is 2.47. The average Bonchev–Trinajstić information content (AvgIpc) is 2.38. The quantitative estimate of drug-likeness (QED) is 0.550. The van der Waals surface area contributed by atoms with E-state index in [9.17, 15) is 17.6 Å². The van der Waals surface area contributed by atoms with E-state index < -0.39 is 23.2 Å². The van der Waals surface area contributed by atoms with E-state index >= 15 is 0 Å². The maximum atomic E-state index is 14.0. The molecule has 0 amide bonds. The van der Waals surface area contributed by atoms with Crippen LogP contribution in [0.4, 0.5) is 23.2 Å². The third-order valence-corrected chi connectivity index (χ3v) is 2.47. The van der Waals surface area contributed by atoms with Crippen LogP contribution in [-0.2, 0) is 6.18 Å². The maximum Gasteiger partial charge on any atom is 0.407 e.